The Morgan fingerprint density at radius 2 is 1.58 bits per heavy atom. The number of hydrogen-bond donors (Lipinski definition) is 1. The molecule has 0 aliphatic carbocycles. The molecule has 0 saturated heterocycles. The van der Waals surface area contributed by atoms with Crippen LogP contribution in [0.15, 0.2) is 0 Å². The van der Waals surface area contributed by atoms with Crippen molar-refractivity contribution in [3.05, 3.63) is 0 Å². The molecule has 0 unspecified atom stereocenters. The summed E-state index contributed by atoms with van der Waals surface area (Å²) in [5.41, 5.74) is 5.73. The molecule has 0 fully saturated rings. The Morgan fingerprint density at radius 1 is 1.05 bits per heavy atom. The van der Waals surface area contributed by atoms with Crippen LogP contribution in [0.4, 0.5) is 0 Å². The highest BCUT2D eigenvalue weighted by atomic mass is 16.6. The average molecular weight is 277 g/mol. The van der Waals surface area contributed by atoms with E-state index < -0.39 is 6.04 Å². The van der Waals surface area contributed by atoms with Crippen molar-refractivity contribution in [3.63, 3.8) is 0 Å². The van der Waals surface area contributed by atoms with Crippen LogP contribution in [0.1, 0.15) is 20.3 Å². The lowest BCUT2D eigenvalue weighted by atomic mass is 10.0. The molecule has 0 aliphatic rings. The molecule has 19 heavy (non-hydrogen) atoms. The molecule has 0 saturated carbocycles. The van der Waals surface area contributed by atoms with E-state index in [9.17, 15) is 4.79 Å². The SMILES string of the molecule is CC[C@H](C)[C@H](N)C(=O)OCCOCCOCCOC. The molecule has 0 spiro atoms. The maximum absolute atomic E-state index is 11.5. The highest BCUT2D eigenvalue weighted by Gasteiger charge is 2.20. The molecule has 114 valence electrons. The zero-order chi connectivity index (χ0) is 14.5. The van der Waals surface area contributed by atoms with Crippen molar-refractivity contribution in [2.45, 2.75) is 26.3 Å². The monoisotopic (exact) mass is 277 g/mol. The molecular weight excluding hydrogens is 250 g/mol. The lowest BCUT2D eigenvalue weighted by molar-refractivity contribution is -0.148. The van der Waals surface area contributed by atoms with Crippen molar-refractivity contribution >= 4 is 5.97 Å². The van der Waals surface area contributed by atoms with Crippen molar-refractivity contribution in [1.29, 1.82) is 0 Å². The highest BCUT2D eigenvalue weighted by Crippen LogP contribution is 2.06. The fourth-order valence-corrected chi connectivity index (χ4v) is 1.25. The van der Waals surface area contributed by atoms with Gasteiger partial charge in [0.1, 0.15) is 12.6 Å². The minimum absolute atomic E-state index is 0.127. The van der Waals surface area contributed by atoms with Gasteiger partial charge in [0.15, 0.2) is 0 Å². The Balaban J connectivity index is 3.36. The van der Waals surface area contributed by atoms with Gasteiger partial charge in [-0.1, -0.05) is 20.3 Å². The van der Waals surface area contributed by atoms with Gasteiger partial charge >= 0.3 is 5.97 Å². The zero-order valence-electron chi connectivity index (χ0n) is 12.2. The third-order valence-corrected chi connectivity index (χ3v) is 2.80. The third kappa shape index (κ3) is 9.84. The van der Waals surface area contributed by atoms with Gasteiger partial charge in [0, 0.05) is 7.11 Å². The quantitative estimate of drug-likeness (QED) is 0.415. The Morgan fingerprint density at radius 3 is 2.11 bits per heavy atom. The van der Waals surface area contributed by atoms with Gasteiger partial charge < -0.3 is 24.7 Å². The zero-order valence-corrected chi connectivity index (χ0v) is 12.2. The van der Waals surface area contributed by atoms with Crippen LogP contribution in [0, 0.1) is 5.92 Å². The normalized spacial score (nSPS) is 14.1. The summed E-state index contributed by atoms with van der Waals surface area (Å²) < 4.78 is 20.3. The van der Waals surface area contributed by atoms with Crippen LogP contribution in [0.5, 0.6) is 0 Å². The van der Waals surface area contributed by atoms with Crippen LogP contribution in [0.2, 0.25) is 0 Å². The van der Waals surface area contributed by atoms with E-state index in [1.54, 1.807) is 7.11 Å². The van der Waals surface area contributed by atoms with Crippen LogP contribution in [-0.2, 0) is 23.7 Å². The molecule has 0 aromatic rings. The first kappa shape index (κ1) is 18.3. The molecule has 0 amide bonds. The van der Waals surface area contributed by atoms with Crippen LogP contribution in [-0.4, -0.2) is 58.8 Å². The second-order valence-electron chi connectivity index (χ2n) is 4.30. The van der Waals surface area contributed by atoms with E-state index in [1.165, 1.54) is 0 Å². The van der Waals surface area contributed by atoms with Gasteiger partial charge in [-0.05, 0) is 5.92 Å². The minimum atomic E-state index is -0.553. The van der Waals surface area contributed by atoms with Gasteiger partial charge in [-0.15, -0.1) is 0 Å². The van der Waals surface area contributed by atoms with Gasteiger partial charge in [0.05, 0.1) is 33.0 Å². The van der Waals surface area contributed by atoms with E-state index in [-0.39, 0.29) is 18.5 Å². The fraction of sp³-hybridized carbons (Fsp3) is 0.923. The van der Waals surface area contributed by atoms with Crippen molar-refractivity contribution in [2.75, 3.05) is 46.8 Å². The second-order valence-corrected chi connectivity index (χ2v) is 4.30. The van der Waals surface area contributed by atoms with E-state index in [0.29, 0.717) is 33.0 Å². The van der Waals surface area contributed by atoms with Crippen LogP contribution < -0.4 is 5.73 Å². The number of carbonyl (C=O) groups excluding carboxylic acids is 1. The maximum atomic E-state index is 11.5. The molecule has 0 heterocycles. The first-order valence-corrected chi connectivity index (χ1v) is 6.70. The summed E-state index contributed by atoms with van der Waals surface area (Å²) in [4.78, 5) is 11.5. The van der Waals surface area contributed by atoms with Gasteiger partial charge in [-0.3, -0.25) is 4.79 Å². The molecule has 0 aromatic heterocycles. The van der Waals surface area contributed by atoms with Gasteiger partial charge in [0.2, 0.25) is 0 Å². The Kier molecular flexibility index (Phi) is 11.9. The van der Waals surface area contributed by atoms with Crippen molar-refractivity contribution in [2.24, 2.45) is 11.7 Å². The summed E-state index contributed by atoms with van der Waals surface area (Å²) in [6.07, 6.45) is 0.853. The van der Waals surface area contributed by atoms with E-state index in [2.05, 4.69) is 0 Å². The van der Waals surface area contributed by atoms with Crippen LogP contribution in [0.25, 0.3) is 0 Å². The average Bonchev–Trinajstić information content (AvgIpc) is 2.43. The van der Waals surface area contributed by atoms with E-state index in [1.807, 2.05) is 13.8 Å². The summed E-state index contributed by atoms with van der Waals surface area (Å²) >= 11 is 0. The van der Waals surface area contributed by atoms with E-state index >= 15 is 0 Å². The van der Waals surface area contributed by atoms with Crippen LogP contribution in [0.3, 0.4) is 0 Å². The molecular formula is C13H27NO5. The number of carbonyl (C=O) groups is 1. The summed E-state index contributed by atoms with van der Waals surface area (Å²) in [6.45, 7) is 6.60. The smallest absolute Gasteiger partial charge is 0.323 e. The molecule has 0 radical (unpaired) electrons. The number of nitrogens with two attached hydrogens (primary N) is 1. The standard InChI is InChI=1S/C13H27NO5/c1-4-11(2)12(14)13(15)19-10-9-18-8-7-17-6-5-16-3/h11-12H,4-10,14H2,1-3H3/t11-,12-/m0/s1. The number of ether oxygens (including phenoxy) is 4. The molecule has 6 heteroatoms. The highest BCUT2D eigenvalue weighted by molar-refractivity contribution is 5.75. The number of methoxy groups -OCH3 is 1. The first-order chi connectivity index (χ1) is 9.13. The lowest BCUT2D eigenvalue weighted by Crippen LogP contribution is -2.38. The predicted molar refractivity (Wildman–Crippen MR) is 71.9 cm³/mol. The molecule has 2 atom stereocenters. The maximum Gasteiger partial charge on any atom is 0.323 e. The topological polar surface area (TPSA) is 80.0 Å². The summed E-state index contributed by atoms with van der Waals surface area (Å²) in [7, 11) is 1.62. The van der Waals surface area contributed by atoms with E-state index in [4.69, 9.17) is 24.7 Å². The predicted octanol–water partition coefficient (Wildman–Crippen LogP) is 0.583. The van der Waals surface area contributed by atoms with E-state index in [0.717, 1.165) is 6.42 Å². The molecule has 0 rings (SSSR count). The number of rotatable bonds is 12. The number of hydrogen-bond acceptors (Lipinski definition) is 6. The fourth-order valence-electron chi connectivity index (χ4n) is 1.25. The molecule has 0 aromatic carbocycles. The summed E-state index contributed by atoms with van der Waals surface area (Å²) in [5.74, 6) is -0.239. The molecule has 0 aliphatic heterocycles. The lowest BCUT2D eigenvalue weighted by Gasteiger charge is -2.16. The molecule has 6 nitrogen and oxygen atoms in total. The van der Waals surface area contributed by atoms with Gasteiger partial charge in [-0.25, -0.2) is 0 Å². The van der Waals surface area contributed by atoms with Gasteiger partial charge in [0.25, 0.3) is 0 Å². The second kappa shape index (κ2) is 12.3. The largest absolute Gasteiger partial charge is 0.462 e. The van der Waals surface area contributed by atoms with Crippen LogP contribution >= 0.6 is 0 Å². The summed E-state index contributed by atoms with van der Waals surface area (Å²) in [6, 6.07) is -0.553. The molecule has 0 bridgehead atoms. The molecule has 2 N–H and O–H groups in total. The van der Waals surface area contributed by atoms with Crippen molar-refractivity contribution in [1.82, 2.24) is 0 Å². The Hall–Kier alpha value is -0.690. The van der Waals surface area contributed by atoms with Crippen molar-refractivity contribution in [3.8, 4) is 0 Å². The Bertz CT molecular complexity index is 225. The minimum Gasteiger partial charge on any atom is -0.462 e. The Labute approximate surface area is 115 Å². The summed E-state index contributed by atoms with van der Waals surface area (Å²) in [5, 5.41) is 0. The first-order valence-electron chi connectivity index (χ1n) is 6.70. The van der Waals surface area contributed by atoms with Crippen molar-refractivity contribution < 1.29 is 23.7 Å². The van der Waals surface area contributed by atoms with Gasteiger partial charge in [-0.2, -0.15) is 0 Å². The number of esters is 1. The third-order valence-electron chi connectivity index (χ3n) is 2.80.